The zero-order valence-corrected chi connectivity index (χ0v) is 10.4. The minimum atomic E-state index is -0.648. The minimum Gasteiger partial charge on any atom is -0.395 e. The van der Waals surface area contributed by atoms with Crippen molar-refractivity contribution in [2.24, 2.45) is 5.92 Å². The van der Waals surface area contributed by atoms with Gasteiger partial charge in [-0.3, -0.25) is 14.9 Å². The van der Waals surface area contributed by atoms with E-state index in [-0.39, 0.29) is 17.7 Å². The predicted octanol–water partition coefficient (Wildman–Crippen LogP) is 1.01. The van der Waals surface area contributed by atoms with Gasteiger partial charge in [0, 0.05) is 12.6 Å². The first-order valence-corrected chi connectivity index (χ1v) is 6.41. The fraction of sp³-hybridized carbons (Fsp3) is 0.583. The van der Waals surface area contributed by atoms with E-state index in [1.807, 2.05) is 0 Å². The van der Waals surface area contributed by atoms with Crippen LogP contribution in [0, 0.1) is 16.0 Å². The third-order valence-corrected chi connectivity index (χ3v) is 3.97. The summed E-state index contributed by atoms with van der Waals surface area (Å²) < 4.78 is 4.90. The molecule has 3 fully saturated rings. The molecule has 0 radical (unpaired) electrons. The van der Waals surface area contributed by atoms with Crippen molar-refractivity contribution in [1.82, 2.24) is 10.2 Å². The highest BCUT2D eigenvalue weighted by molar-refractivity contribution is 5.91. The van der Waals surface area contributed by atoms with Crippen LogP contribution in [0.2, 0.25) is 0 Å². The molecule has 7 heteroatoms. The van der Waals surface area contributed by atoms with E-state index in [4.69, 9.17) is 4.42 Å². The second-order valence-corrected chi connectivity index (χ2v) is 5.11. The maximum absolute atomic E-state index is 12.0. The average molecular weight is 265 g/mol. The summed E-state index contributed by atoms with van der Waals surface area (Å²) in [4.78, 5) is 24.2. The zero-order valence-electron chi connectivity index (χ0n) is 10.4. The van der Waals surface area contributed by atoms with Gasteiger partial charge in [0.15, 0.2) is 5.76 Å². The Labute approximate surface area is 109 Å². The lowest BCUT2D eigenvalue weighted by Crippen LogP contribution is -2.57. The Morgan fingerprint density at radius 3 is 2.68 bits per heavy atom. The van der Waals surface area contributed by atoms with Gasteiger partial charge in [0.05, 0.1) is 6.07 Å². The third kappa shape index (κ3) is 2.33. The first-order valence-electron chi connectivity index (χ1n) is 6.41. The van der Waals surface area contributed by atoms with Gasteiger partial charge in [0.1, 0.15) is 4.92 Å². The molecule has 1 N–H and O–H groups in total. The third-order valence-electron chi connectivity index (χ3n) is 3.97. The standard InChI is InChI=1S/C12H15N3O4/c16-12(10-1-2-11(19-10)15(17)18)13-9-7-14-5-3-8(9)4-6-14/h1-2,8-9H,3-7H2,(H,13,16). The molecule has 3 aliphatic rings. The van der Waals surface area contributed by atoms with Crippen LogP contribution in [0.1, 0.15) is 23.4 Å². The molecule has 0 aliphatic carbocycles. The van der Waals surface area contributed by atoms with Crippen LogP contribution >= 0.6 is 0 Å². The minimum absolute atomic E-state index is 0.00291. The van der Waals surface area contributed by atoms with Gasteiger partial charge in [-0.15, -0.1) is 0 Å². The summed E-state index contributed by atoms with van der Waals surface area (Å²) in [5.74, 6) is -0.257. The maximum atomic E-state index is 12.0. The summed E-state index contributed by atoms with van der Waals surface area (Å²) in [6.45, 7) is 3.06. The predicted molar refractivity (Wildman–Crippen MR) is 65.8 cm³/mol. The molecule has 0 spiro atoms. The lowest BCUT2D eigenvalue weighted by molar-refractivity contribution is -0.402. The number of carbonyl (C=O) groups is 1. The highest BCUT2D eigenvalue weighted by atomic mass is 16.6. The summed E-state index contributed by atoms with van der Waals surface area (Å²) in [5, 5.41) is 13.4. The number of piperidine rings is 3. The molecule has 0 aromatic carbocycles. The number of carbonyl (C=O) groups excluding carboxylic acids is 1. The van der Waals surface area contributed by atoms with E-state index in [2.05, 4.69) is 10.2 Å². The van der Waals surface area contributed by atoms with Gasteiger partial charge < -0.3 is 14.6 Å². The molecule has 2 bridgehead atoms. The Bertz CT molecular complexity index is 505. The molecule has 4 rings (SSSR count). The van der Waals surface area contributed by atoms with Gasteiger partial charge in [-0.25, -0.2) is 0 Å². The van der Waals surface area contributed by atoms with Crippen molar-refractivity contribution in [1.29, 1.82) is 0 Å². The number of hydrogen-bond donors (Lipinski definition) is 1. The molecule has 1 aromatic heterocycles. The number of nitrogens with zero attached hydrogens (tertiary/aromatic N) is 2. The summed E-state index contributed by atoms with van der Waals surface area (Å²) in [5.41, 5.74) is 0. The summed E-state index contributed by atoms with van der Waals surface area (Å²) in [6, 6.07) is 2.67. The van der Waals surface area contributed by atoms with E-state index in [9.17, 15) is 14.9 Å². The van der Waals surface area contributed by atoms with Crippen molar-refractivity contribution >= 4 is 11.8 Å². The monoisotopic (exact) mass is 265 g/mol. The molecule has 4 heterocycles. The zero-order chi connectivity index (χ0) is 13.4. The van der Waals surface area contributed by atoms with Crippen molar-refractivity contribution in [3.8, 4) is 0 Å². The molecule has 3 aliphatic heterocycles. The van der Waals surface area contributed by atoms with Gasteiger partial charge in [0.25, 0.3) is 5.91 Å². The van der Waals surface area contributed by atoms with Crippen LogP contribution < -0.4 is 5.32 Å². The molecule has 19 heavy (non-hydrogen) atoms. The molecule has 7 nitrogen and oxygen atoms in total. The Balaban J connectivity index is 1.66. The molecule has 0 saturated carbocycles. The van der Waals surface area contributed by atoms with Crippen LogP contribution in [-0.4, -0.2) is 41.4 Å². The highest BCUT2D eigenvalue weighted by Gasteiger charge is 2.35. The number of furan rings is 1. The number of rotatable bonds is 3. The average Bonchev–Trinajstić information content (AvgIpc) is 2.90. The fourth-order valence-corrected chi connectivity index (χ4v) is 2.92. The van der Waals surface area contributed by atoms with Gasteiger partial charge in [-0.05, 0) is 37.9 Å². The second kappa shape index (κ2) is 4.65. The largest absolute Gasteiger partial charge is 0.433 e. The quantitative estimate of drug-likeness (QED) is 0.651. The van der Waals surface area contributed by atoms with Crippen LogP contribution in [-0.2, 0) is 0 Å². The lowest BCUT2D eigenvalue weighted by atomic mass is 9.84. The van der Waals surface area contributed by atoms with Crippen LogP contribution in [0.25, 0.3) is 0 Å². The van der Waals surface area contributed by atoms with Gasteiger partial charge in [-0.1, -0.05) is 0 Å². The number of hydrogen-bond acceptors (Lipinski definition) is 5. The Hall–Kier alpha value is -1.89. The first-order chi connectivity index (χ1) is 9.13. The van der Waals surface area contributed by atoms with E-state index in [0.29, 0.717) is 5.92 Å². The Morgan fingerprint density at radius 2 is 2.16 bits per heavy atom. The van der Waals surface area contributed by atoms with E-state index >= 15 is 0 Å². The topological polar surface area (TPSA) is 88.6 Å². The van der Waals surface area contributed by atoms with Crippen molar-refractivity contribution in [2.45, 2.75) is 18.9 Å². The van der Waals surface area contributed by atoms with E-state index in [1.54, 1.807) is 0 Å². The summed E-state index contributed by atoms with van der Waals surface area (Å²) in [6.07, 6.45) is 2.20. The van der Waals surface area contributed by atoms with Crippen LogP contribution in [0.15, 0.2) is 16.5 Å². The van der Waals surface area contributed by atoms with E-state index < -0.39 is 10.8 Å². The maximum Gasteiger partial charge on any atom is 0.433 e. The molecule has 1 atom stereocenters. The molecule has 102 valence electrons. The smallest absolute Gasteiger partial charge is 0.395 e. The molecule has 1 aromatic rings. The van der Waals surface area contributed by atoms with E-state index in [0.717, 1.165) is 32.5 Å². The Morgan fingerprint density at radius 1 is 1.42 bits per heavy atom. The van der Waals surface area contributed by atoms with Crippen molar-refractivity contribution in [3.05, 3.63) is 28.0 Å². The van der Waals surface area contributed by atoms with Crippen molar-refractivity contribution < 1.29 is 14.1 Å². The summed E-state index contributed by atoms with van der Waals surface area (Å²) in [7, 11) is 0. The number of fused-ring (bicyclic) bond motifs is 3. The lowest BCUT2D eigenvalue weighted by Gasteiger charge is -2.44. The second-order valence-electron chi connectivity index (χ2n) is 5.11. The van der Waals surface area contributed by atoms with Crippen LogP contribution in [0.4, 0.5) is 5.88 Å². The van der Waals surface area contributed by atoms with Crippen molar-refractivity contribution in [2.75, 3.05) is 19.6 Å². The molecule has 3 saturated heterocycles. The fourth-order valence-electron chi connectivity index (χ4n) is 2.92. The number of nitrogens with one attached hydrogen (secondary N) is 1. The summed E-state index contributed by atoms with van der Waals surface area (Å²) >= 11 is 0. The van der Waals surface area contributed by atoms with Gasteiger partial charge in [0.2, 0.25) is 0 Å². The normalized spacial score (nSPS) is 29.2. The van der Waals surface area contributed by atoms with E-state index in [1.165, 1.54) is 12.1 Å². The molecule has 1 unspecified atom stereocenters. The van der Waals surface area contributed by atoms with Gasteiger partial charge >= 0.3 is 5.88 Å². The van der Waals surface area contributed by atoms with Crippen molar-refractivity contribution in [3.63, 3.8) is 0 Å². The Kier molecular flexibility index (Phi) is 2.98. The molecular weight excluding hydrogens is 250 g/mol. The highest BCUT2D eigenvalue weighted by Crippen LogP contribution is 2.27. The van der Waals surface area contributed by atoms with Gasteiger partial charge in [-0.2, -0.15) is 0 Å². The van der Waals surface area contributed by atoms with Crippen LogP contribution in [0.3, 0.4) is 0 Å². The molecule has 1 amide bonds. The SMILES string of the molecule is O=C(NC1CN2CCC1CC2)c1ccc([N+](=O)[O-])o1. The molecular formula is C12H15N3O4. The number of nitro groups is 1. The number of amides is 1. The first kappa shape index (κ1) is 12.2. The van der Waals surface area contributed by atoms with Crippen LogP contribution in [0.5, 0.6) is 0 Å².